The molecule has 0 aliphatic heterocycles. The highest BCUT2D eigenvalue weighted by Crippen LogP contribution is 2.31. The van der Waals surface area contributed by atoms with Gasteiger partial charge in [-0.25, -0.2) is 13.1 Å². The third-order valence-corrected chi connectivity index (χ3v) is 5.66. The minimum atomic E-state index is -3.83. The first-order chi connectivity index (χ1) is 11.5. The van der Waals surface area contributed by atoms with E-state index in [0.717, 1.165) is 12.8 Å². The van der Waals surface area contributed by atoms with Crippen molar-refractivity contribution in [1.29, 1.82) is 0 Å². The Morgan fingerprint density at radius 2 is 2.00 bits per heavy atom. The number of methoxy groups -OCH3 is 1. The SMILES string of the molecule is COc1ccc(C(=O)NCC(N)C2CC2)cc1S(=O)(=O)NC(C)(C)C. The second kappa shape index (κ2) is 7.31. The fraction of sp³-hybridized carbons (Fsp3) is 0.588. The lowest BCUT2D eigenvalue weighted by atomic mass is 10.1. The minimum Gasteiger partial charge on any atom is -0.495 e. The van der Waals surface area contributed by atoms with Gasteiger partial charge in [-0.3, -0.25) is 4.79 Å². The summed E-state index contributed by atoms with van der Waals surface area (Å²) in [5.41, 5.74) is 5.57. The lowest BCUT2D eigenvalue weighted by Crippen LogP contribution is -2.41. The lowest BCUT2D eigenvalue weighted by Gasteiger charge is -2.21. The van der Waals surface area contributed by atoms with Crippen LogP contribution in [0.2, 0.25) is 0 Å². The zero-order valence-electron chi connectivity index (χ0n) is 15.1. The van der Waals surface area contributed by atoms with E-state index >= 15 is 0 Å². The summed E-state index contributed by atoms with van der Waals surface area (Å²) in [7, 11) is -2.44. The van der Waals surface area contributed by atoms with E-state index in [4.69, 9.17) is 10.5 Å². The van der Waals surface area contributed by atoms with Gasteiger partial charge in [0, 0.05) is 23.7 Å². The minimum absolute atomic E-state index is 0.0621. The Morgan fingerprint density at radius 1 is 1.36 bits per heavy atom. The molecule has 0 aromatic heterocycles. The number of hydrogen-bond acceptors (Lipinski definition) is 5. The number of sulfonamides is 1. The van der Waals surface area contributed by atoms with Gasteiger partial charge in [0.2, 0.25) is 10.0 Å². The van der Waals surface area contributed by atoms with Gasteiger partial charge in [0.05, 0.1) is 7.11 Å². The van der Waals surface area contributed by atoms with Crippen molar-refractivity contribution in [2.24, 2.45) is 11.7 Å². The summed E-state index contributed by atoms with van der Waals surface area (Å²) in [5.74, 6) is 0.303. The molecule has 1 aliphatic carbocycles. The van der Waals surface area contributed by atoms with Gasteiger partial charge in [-0.1, -0.05) is 0 Å². The average molecular weight is 369 g/mol. The third-order valence-electron chi connectivity index (χ3n) is 3.88. The van der Waals surface area contributed by atoms with Crippen molar-refractivity contribution in [2.45, 2.75) is 50.1 Å². The molecule has 8 heteroatoms. The highest BCUT2D eigenvalue weighted by atomic mass is 32.2. The summed E-state index contributed by atoms with van der Waals surface area (Å²) in [6.45, 7) is 5.60. The molecule has 0 spiro atoms. The van der Waals surface area contributed by atoms with Gasteiger partial charge in [0.25, 0.3) is 5.91 Å². The molecule has 25 heavy (non-hydrogen) atoms. The molecule has 0 saturated heterocycles. The van der Waals surface area contributed by atoms with Crippen LogP contribution in [-0.2, 0) is 10.0 Å². The molecule has 2 rings (SSSR count). The Bertz CT molecular complexity index is 737. The summed E-state index contributed by atoms with van der Waals surface area (Å²) in [6, 6.07) is 4.28. The molecule has 1 fully saturated rings. The Balaban J connectivity index is 2.22. The zero-order chi connectivity index (χ0) is 18.8. The summed E-state index contributed by atoms with van der Waals surface area (Å²) in [6.07, 6.45) is 2.20. The Morgan fingerprint density at radius 3 is 2.52 bits per heavy atom. The van der Waals surface area contributed by atoms with Crippen LogP contribution < -0.4 is 20.5 Å². The molecule has 1 amide bonds. The molecule has 7 nitrogen and oxygen atoms in total. The van der Waals surface area contributed by atoms with Crippen molar-refractivity contribution >= 4 is 15.9 Å². The molecule has 140 valence electrons. The number of amides is 1. The topological polar surface area (TPSA) is 111 Å². The molecule has 0 bridgehead atoms. The van der Waals surface area contributed by atoms with E-state index in [-0.39, 0.29) is 28.2 Å². The maximum atomic E-state index is 12.6. The van der Waals surface area contributed by atoms with Crippen LogP contribution in [0.5, 0.6) is 5.75 Å². The number of nitrogens with two attached hydrogens (primary N) is 1. The molecule has 1 saturated carbocycles. The molecular formula is C17H27N3O4S. The highest BCUT2D eigenvalue weighted by molar-refractivity contribution is 7.89. The summed E-state index contributed by atoms with van der Waals surface area (Å²) < 4.78 is 33.0. The molecule has 1 aromatic carbocycles. The monoisotopic (exact) mass is 369 g/mol. The molecule has 1 aliphatic rings. The van der Waals surface area contributed by atoms with E-state index in [0.29, 0.717) is 12.5 Å². The molecule has 1 aromatic rings. The number of benzene rings is 1. The lowest BCUT2D eigenvalue weighted by molar-refractivity contribution is 0.0950. The third kappa shape index (κ3) is 5.42. The van der Waals surface area contributed by atoms with E-state index in [1.807, 2.05) is 0 Å². The number of carbonyl (C=O) groups excluding carboxylic acids is 1. The summed E-state index contributed by atoms with van der Waals surface area (Å²) in [4.78, 5) is 12.3. The van der Waals surface area contributed by atoms with E-state index < -0.39 is 15.6 Å². The second-order valence-electron chi connectivity index (χ2n) is 7.43. The number of hydrogen-bond donors (Lipinski definition) is 3. The predicted octanol–water partition coefficient (Wildman–Crippen LogP) is 1.24. The van der Waals surface area contributed by atoms with Crippen LogP contribution in [0.4, 0.5) is 0 Å². The van der Waals surface area contributed by atoms with Gasteiger partial charge >= 0.3 is 0 Å². The summed E-state index contributed by atoms with van der Waals surface area (Å²) >= 11 is 0. The van der Waals surface area contributed by atoms with Gasteiger partial charge in [0.1, 0.15) is 10.6 Å². The van der Waals surface area contributed by atoms with Crippen molar-refractivity contribution in [2.75, 3.05) is 13.7 Å². The standard InChI is InChI=1S/C17H27N3O4S/c1-17(2,3)20-25(22,23)15-9-12(7-8-14(15)24-4)16(21)19-10-13(18)11-5-6-11/h7-9,11,13,20H,5-6,10,18H2,1-4H3,(H,19,21). The molecule has 1 unspecified atom stereocenters. The van der Waals surface area contributed by atoms with Crippen LogP contribution in [0, 0.1) is 5.92 Å². The Hall–Kier alpha value is -1.64. The molecular weight excluding hydrogens is 342 g/mol. The van der Waals surface area contributed by atoms with Gasteiger partial charge in [-0.15, -0.1) is 0 Å². The smallest absolute Gasteiger partial charge is 0.251 e. The predicted molar refractivity (Wildman–Crippen MR) is 96.1 cm³/mol. The van der Waals surface area contributed by atoms with Gasteiger partial charge in [-0.2, -0.15) is 0 Å². The van der Waals surface area contributed by atoms with Crippen LogP contribution in [0.1, 0.15) is 44.0 Å². The van der Waals surface area contributed by atoms with E-state index in [9.17, 15) is 13.2 Å². The van der Waals surface area contributed by atoms with Crippen molar-refractivity contribution in [3.05, 3.63) is 23.8 Å². The Labute approximate surface area is 149 Å². The first-order valence-corrected chi connectivity index (χ1v) is 9.77. The Kier molecular flexibility index (Phi) is 5.75. The molecule has 1 atom stereocenters. The van der Waals surface area contributed by atoms with E-state index in [1.165, 1.54) is 25.3 Å². The number of carbonyl (C=O) groups is 1. The highest BCUT2D eigenvalue weighted by Gasteiger charge is 2.29. The van der Waals surface area contributed by atoms with E-state index in [2.05, 4.69) is 10.0 Å². The second-order valence-corrected chi connectivity index (χ2v) is 9.08. The van der Waals surface area contributed by atoms with Gasteiger partial charge < -0.3 is 15.8 Å². The van der Waals surface area contributed by atoms with Crippen LogP contribution in [0.3, 0.4) is 0 Å². The van der Waals surface area contributed by atoms with Crippen LogP contribution in [-0.4, -0.2) is 39.6 Å². The van der Waals surface area contributed by atoms with Crippen LogP contribution >= 0.6 is 0 Å². The van der Waals surface area contributed by atoms with Crippen molar-refractivity contribution < 1.29 is 17.9 Å². The molecule has 0 radical (unpaired) electrons. The van der Waals surface area contributed by atoms with Crippen molar-refractivity contribution in [1.82, 2.24) is 10.0 Å². The average Bonchev–Trinajstić information content (AvgIpc) is 3.34. The summed E-state index contributed by atoms with van der Waals surface area (Å²) in [5, 5.41) is 2.76. The van der Waals surface area contributed by atoms with Crippen molar-refractivity contribution in [3.8, 4) is 5.75 Å². The zero-order valence-corrected chi connectivity index (χ0v) is 15.9. The van der Waals surface area contributed by atoms with Crippen LogP contribution in [0.15, 0.2) is 23.1 Å². The normalized spacial score (nSPS) is 16.4. The first kappa shape index (κ1) is 19.7. The first-order valence-electron chi connectivity index (χ1n) is 8.29. The molecule has 4 N–H and O–H groups in total. The molecule has 0 heterocycles. The van der Waals surface area contributed by atoms with E-state index in [1.54, 1.807) is 20.8 Å². The fourth-order valence-corrected chi connectivity index (χ4v) is 4.10. The largest absolute Gasteiger partial charge is 0.495 e. The quantitative estimate of drug-likeness (QED) is 0.670. The van der Waals surface area contributed by atoms with Crippen molar-refractivity contribution in [3.63, 3.8) is 0 Å². The van der Waals surface area contributed by atoms with Crippen LogP contribution in [0.25, 0.3) is 0 Å². The number of rotatable bonds is 7. The fourth-order valence-electron chi connectivity index (χ4n) is 2.49. The maximum Gasteiger partial charge on any atom is 0.251 e. The number of ether oxygens (including phenoxy) is 1. The van der Waals surface area contributed by atoms with Gasteiger partial charge in [-0.05, 0) is 57.7 Å². The maximum absolute atomic E-state index is 12.6. The number of nitrogens with one attached hydrogen (secondary N) is 2. The van der Waals surface area contributed by atoms with Gasteiger partial charge in [0.15, 0.2) is 0 Å².